The number of rotatable bonds is 8. The first-order chi connectivity index (χ1) is 15.0. The lowest BCUT2D eigenvalue weighted by molar-refractivity contribution is -0.142. The number of thioether (sulfide) groups is 1. The first-order valence-corrected chi connectivity index (χ1v) is 11.0. The number of esters is 1. The van der Waals surface area contributed by atoms with Gasteiger partial charge in [-0.05, 0) is 63.6 Å². The number of carbonyl (C=O) groups excluding carboxylic acids is 2. The van der Waals surface area contributed by atoms with E-state index in [0.29, 0.717) is 33.4 Å². The van der Waals surface area contributed by atoms with E-state index in [0.717, 1.165) is 11.3 Å². The van der Waals surface area contributed by atoms with Crippen molar-refractivity contribution in [3.8, 4) is 5.75 Å². The number of ether oxygens (including phenoxy) is 3. The number of hydrogen-bond acceptors (Lipinski definition) is 7. The zero-order valence-electron chi connectivity index (χ0n) is 17.0. The van der Waals surface area contributed by atoms with Crippen molar-refractivity contribution in [1.82, 2.24) is 4.90 Å². The van der Waals surface area contributed by atoms with Crippen molar-refractivity contribution in [3.63, 3.8) is 0 Å². The first-order valence-electron chi connectivity index (χ1n) is 9.35. The minimum absolute atomic E-state index is 0.126. The number of nitrogens with zero attached hydrogens (tertiary/aromatic N) is 2. The second-order valence-corrected chi connectivity index (χ2v) is 8.21. The summed E-state index contributed by atoms with van der Waals surface area (Å²) < 4.78 is 15.8. The predicted molar refractivity (Wildman–Crippen MR) is 124 cm³/mol. The summed E-state index contributed by atoms with van der Waals surface area (Å²) in [4.78, 5) is 31.1. The van der Waals surface area contributed by atoms with Crippen molar-refractivity contribution in [3.05, 3.63) is 63.5 Å². The van der Waals surface area contributed by atoms with E-state index in [2.05, 4.69) is 25.7 Å². The molecule has 0 radical (unpaired) electrons. The lowest BCUT2D eigenvalue weighted by atomic mass is 10.2. The highest BCUT2D eigenvalue weighted by Crippen LogP contribution is 2.35. The van der Waals surface area contributed by atoms with Crippen molar-refractivity contribution < 1.29 is 23.8 Å². The summed E-state index contributed by atoms with van der Waals surface area (Å²) in [5.74, 6) is -0.0858. The van der Waals surface area contributed by atoms with E-state index in [1.54, 1.807) is 24.2 Å². The summed E-state index contributed by atoms with van der Waals surface area (Å²) in [6.07, 6.45) is 1.80. The van der Waals surface area contributed by atoms with Gasteiger partial charge in [-0.1, -0.05) is 24.3 Å². The van der Waals surface area contributed by atoms with Gasteiger partial charge in [-0.25, -0.2) is 9.79 Å². The number of amidine groups is 1. The molecule has 162 valence electrons. The van der Waals surface area contributed by atoms with Gasteiger partial charge in [0.25, 0.3) is 5.91 Å². The van der Waals surface area contributed by atoms with Gasteiger partial charge >= 0.3 is 5.97 Å². The summed E-state index contributed by atoms with van der Waals surface area (Å²) in [5.41, 5.74) is 1.58. The van der Waals surface area contributed by atoms with Crippen LogP contribution in [0.15, 0.2) is 62.9 Å². The number of methoxy groups -OCH3 is 2. The van der Waals surface area contributed by atoms with Crippen LogP contribution in [-0.4, -0.2) is 55.9 Å². The number of para-hydroxylation sites is 1. The molecule has 1 fully saturated rings. The maximum absolute atomic E-state index is 13.0. The van der Waals surface area contributed by atoms with Crippen molar-refractivity contribution >= 4 is 56.5 Å². The maximum Gasteiger partial charge on any atom is 0.343 e. The van der Waals surface area contributed by atoms with Crippen LogP contribution in [0.3, 0.4) is 0 Å². The number of halogens is 1. The molecule has 0 bridgehead atoms. The monoisotopic (exact) mass is 504 g/mol. The van der Waals surface area contributed by atoms with Crippen LogP contribution in [-0.2, 0) is 19.1 Å². The number of amides is 1. The van der Waals surface area contributed by atoms with E-state index in [-0.39, 0.29) is 12.5 Å². The van der Waals surface area contributed by atoms with Gasteiger partial charge in [-0.3, -0.25) is 9.69 Å². The Balaban J connectivity index is 1.82. The summed E-state index contributed by atoms with van der Waals surface area (Å²) in [7, 11) is 2.90. The molecule has 0 aliphatic carbocycles. The molecule has 3 rings (SSSR count). The minimum atomic E-state index is -0.465. The van der Waals surface area contributed by atoms with Crippen LogP contribution in [0.2, 0.25) is 0 Å². The SMILES string of the molecule is COCCN1C(=O)C(=Cc2ccc(OCC(=O)OC)c(Br)c2)SC1=Nc1ccccc1. The Morgan fingerprint density at radius 3 is 2.65 bits per heavy atom. The Morgan fingerprint density at radius 1 is 1.19 bits per heavy atom. The molecule has 9 heteroatoms. The number of benzene rings is 2. The standard InChI is InChI=1S/C22H21BrN2O5S/c1-28-11-10-25-21(27)19(31-22(25)24-16-6-4-3-5-7-16)13-15-8-9-18(17(23)12-15)30-14-20(26)29-2/h3-9,12-13H,10-11,14H2,1-2H3. The van der Waals surface area contributed by atoms with Gasteiger partial charge in [0.05, 0.1) is 35.3 Å². The van der Waals surface area contributed by atoms with Crippen LogP contribution < -0.4 is 4.74 Å². The van der Waals surface area contributed by atoms with Gasteiger partial charge in [0.1, 0.15) is 5.75 Å². The average molecular weight is 505 g/mol. The molecule has 0 unspecified atom stereocenters. The van der Waals surface area contributed by atoms with Gasteiger partial charge in [-0.2, -0.15) is 0 Å². The fraction of sp³-hybridized carbons (Fsp3) is 0.227. The normalized spacial score (nSPS) is 16.2. The topological polar surface area (TPSA) is 77.4 Å². The molecule has 2 aromatic carbocycles. The van der Waals surface area contributed by atoms with Gasteiger partial charge in [0, 0.05) is 7.11 Å². The number of carbonyl (C=O) groups is 2. The fourth-order valence-corrected chi connectivity index (χ4v) is 4.19. The molecule has 0 N–H and O–H groups in total. The highest BCUT2D eigenvalue weighted by atomic mass is 79.9. The Bertz CT molecular complexity index is 1010. The highest BCUT2D eigenvalue weighted by molar-refractivity contribution is 9.10. The second-order valence-electron chi connectivity index (χ2n) is 6.34. The van der Waals surface area contributed by atoms with Crippen molar-refractivity contribution in [2.45, 2.75) is 0 Å². The first kappa shape index (κ1) is 23.1. The van der Waals surface area contributed by atoms with Crippen LogP contribution in [0.5, 0.6) is 5.75 Å². The zero-order chi connectivity index (χ0) is 22.2. The Morgan fingerprint density at radius 2 is 1.97 bits per heavy atom. The van der Waals surface area contributed by atoms with Crippen molar-refractivity contribution in [2.75, 3.05) is 34.0 Å². The lowest BCUT2D eigenvalue weighted by Crippen LogP contribution is -2.32. The number of hydrogen-bond donors (Lipinski definition) is 0. The third-order valence-electron chi connectivity index (χ3n) is 4.21. The molecule has 7 nitrogen and oxygen atoms in total. The summed E-state index contributed by atoms with van der Waals surface area (Å²) in [6.45, 7) is 0.637. The van der Waals surface area contributed by atoms with Crippen LogP contribution in [0.1, 0.15) is 5.56 Å². The quantitative estimate of drug-likeness (QED) is 0.395. The zero-order valence-corrected chi connectivity index (χ0v) is 19.4. The van der Waals surface area contributed by atoms with Crippen LogP contribution >= 0.6 is 27.7 Å². The van der Waals surface area contributed by atoms with Crippen LogP contribution in [0.4, 0.5) is 5.69 Å². The summed E-state index contributed by atoms with van der Waals surface area (Å²) in [5, 5.41) is 0.608. The molecule has 1 amide bonds. The average Bonchev–Trinajstić information content (AvgIpc) is 3.06. The molecular formula is C22H21BrN2O5S. The second kappa shape index (κ2) is 11.1. The van der Waals surface area contributed by atoms with E-state index in [4.69, 9.17) is 9.47 Å². The molecule has 1 aliphatic rings. The molecule has 0 atom stereocenters. The third kappa shape index (κ3) is 6.19. The highest BCUT2D eigenvalue weighted by Gasteiger charge is 2.33. The van der Waals surface area contributed by atoms with Crippen LogP contribution in [0.25, 0.3) is 6.08 Å². The molecule has 1 aliphatic heterocycles. The molecular weight excluding hydrogens is 484 g/mol. The smallest absolute Gasteiger partial charge is 0.343 e. The fourth-order valence-electron chi connectivity index (χ4n) is 2.65. The molecule has 0 aromatic heterocycles. The molecule has 1 saturated heterocycles. The summed E-state index contributed by atoms with van der Waals surface area (Å²) >= 11 is 4.76. The molecule has 0 spiro atoms. The molecule has 1 heterocycles. The summed E-state index contributed by atoms with van der Waals surface area (Å²) in [6, 6.07) is 14.9. The van der Waals surface area contributed by atoms with E-state index < -0.39 is 5.97 Å². The third-order valence-corrected chi connectivity index (χ3v) is 5.84. The van der Waals surface area contributed by atoms with Gasteiger partial charge in [-0.15, -0.1) is 0 Å². The van der Waals surface area contributed by atoms with Gasteiger partial charge in [0.2, 0.25) is 0 Å². The van der Waals surface area contributed by atoms with Gasteiger partial charge < -0.3 is 14.2 Å². The van der Waals surface area contributed by atoms with Crippen molar-refractivity contribution in [2.24, 2.45) is 4.99 Å². The molecule has 31 heavy (non-hydrogen) atoms. The van der Waals surface area contributed by atoms with E-state index >= 15 is 0 Å². The lowest BCUT2D eigenvalue weighted by Gasteiger charge is -2.14. The minimum Gasteiger partial charge on any atom is -0.481 e. The maximum atomic E-state index is 13.0. The number of aliphatic imine (C=N–C) groups is 1. The van der Waals surface area contributed by atoms with Gasteiger partial charge in [0.15, 0.2) is 11.8 Å². The van der Waals surface area contributed by atoms with Crippen LogP contribution in [0, 0.1) is 0 Å². The van der Waals surface area contributed by atoms with E-state index in [1.807, 2.05) is 42.5 Å². The predicted octanol–water partition coefficient (Wildman–Crippen LogP) is 4.25. The van der Waals surface area contributed by atoms with Crippen molar-refractivity contribution in [1.29, 1.82) is 0 Å². The molecule has 2 aromatic rings. The Hall–Kier alpha value is -2.62. The Kier molecular flexibility index (Phi) is 8.27. The Labute approximate surface area is 193 Å². The largest absolute Gasteiger partial charge is 0.481 e. The molecule has 0 saturated carbocycles. The van der Waals surface area contributed by atoms with E-state index in [9.17, 15) is 9.59 Å². The van der Waals surface area contributed by atoms with E-state index in [1.165, 1.54) is 18.9 Å².